The van der Waals surface area contributed by atoms with Crippen molar-refractivity contribution in [3.8, 4) is 11.5 Å². The number of aromatic nitrogens is 4. The van der Waals surface area contributed by atoms with Crippen molar-refractivity contribution in [2.75, 3.05) is 19.0 Å². The number of ether oxygens (including phenoxy) is 2. The largest absolute Gasteiger partial charge is 0.495 e. The van der Waals surface area contributed by atoms with Crippen LogP contribution in [0.2, 0.25) is 0 Å². The van der Waals surface area contributed by atoms with Crippen LogP contribution in [0.5, 0.6) is 11.5 Å². The lowest BCUT2D eigenvalue weighted by Gasteiger charge is -2.33. The third-order valence-electron chi connectivity index (χ3n) is 6.79. The molecule has 0 bridgehead atoms. The number of nitrogens with zero attached hydrogens (tertiary/aromatic N) is 4. The number of hydrogen-bond donors (Lipinski definition) is 3. The molecule has 1 aliphatic carbocycles. The third-order valence-corrected chi connectivity index (χ3v) is 6.79. The Morgan fingerprint density at radius 2 is 2.06 bits per heavy atom. The molecule has 4 N–H and O–H groups in total. The monoisotopic (exact) mass is 479 g/mol. The smallest absolute Gasteiger partial charge is 0.263 e. The van der Waals surface area contributed by atoms with Gasteiger partial charge in [-0.2, -0.15) is 0 Å². The Kier molecular flexibility index (Phi) is 6.60. The number of methoxy groups -OCH3 is 1. The normalized spacial score (nSPS) is 20.6. The van der Waals surface area contributed by atoms with E-state index in [0.29, 0.717) is 48.2 Å². The van der Waals surface area contributed by atoms with Gasteiger partial charge < -0.3 is 30.4 Å². The zero-order valence-electron chi connectivity index (χ0n) is 19.6. The SMILES string of the molecule is COc1cnc2ccc(=O)n(CC(N)[C@H]3CC[C@H](NCc4ncc5c(n4)NC(=O)CO5)CC3)c2c1. The van der Waals surface area contributed by atoms with Crippen molar-refractivity contribution in [3.63, 3.8) is 0 Å². The van der Waals surface area contributed by atoms with E-state index in [4.69, 9.17) is 15.2 Å². The Balaban J connectivity index is 1.17. The van der Waals surface area contributed by atoms with Crippen LogP contribution in [0.4, 0.5) is 5.82 Å². The fourth-order valence-electron chi connectivity index (χ4n) is 4.79. The first-order chi connectivity index (χ1) is 17.0. The van der Waals surface area contributed by atoms with Gasteiger partial charge in [-0.25, -0.2) is 9.97 Å². The summed E-state index contributed by atoms with van der Waals surface area (Å²) in [5.74, 6) is 2.22. The van der Waals surface area contributed by atoms with E-state index in [1.807, 2.05) is 6.07 Å². The molecule has 1 unspecified atom stereocenters. The standard InChI is InChI=1S/C24H29N7O4/c1-34-16-8-19-18(27-9-16)6-7-23(33)31(19)12-17(25)14-2-4-15(5-3-14)26-11-21-28-10-20-24(29-21)30-22(32)13-35-20/h6-10,14-15,17,26H,2-5,11-13,25H2,1H3,(H,28,29,30,32)/t14-,15-,17?. The van der Waals surface area contributed by atoms with Gasteiger partial charge in [-0.1, -0.05) is 0 Å². The maximum absolute atomic E-state index is 12.6. The molecule has 3 aromatic heterocycles. The first-order valence-corrected chi connectivity index (χ1v) is 11.8. The van der Waals surface area contributed by atoms with Gasteiger partial charge in [0.1, 0.15) is 11.6 Å². The highest BCUT2D eigenvalue weighted by molar-refractivity contribution is 5.94. The van der Waals surface area contributed by atoms with Crippen LogP contribution in [-0.4, -0.2) is 51.2 Å². The second kappa shape index (κ2) is 9.96. The van der Waals surface area contributed by atoms with E-state index in [1.54, 1.807) is 30.1 Å². The van der Waals surface area contributed by atoms with Crippen molar-refractivity contribution in [3.05, 3.63) is 46.8 Å². The minimum atomic E-state index is -0.217. The number of carbonyl (C=O) groups is 1. The predicted molar refractivity (Wildman–Crippen MR) is 129 cm³/mol. The van der Waals surface area contributed by atoms with Crippen LogP contribution in [-0.2, 0) is 17.9 Å². The average molecular weight is 480 g/mol. The number of nitrogens with two attached hydrogens (primary N) is 1. The van der Waals surface area contributed by atoms with E-state index < -0.39 is 0 Å². The Hall–Kier alpha value is -3.57. The number of pyridine rings is 2. The van der Waals surface area contributed by atoms with Gasteiger partial charge in [-0.15, -0.1) is 0 Å². The highest BCUT2D eigenvalue weighted by Crippen LogP contribution is 2.28. The van der Waals surface area contributed by atoms with Crippen LogP contribution in [0.25, 0.3) is 11.0 Å². The molecule has 11 heteroatoms. The highest BCUT2D eigenvalue weighted by atomic mass is 16.5. The molecule has 1 atom stereocenters. The molecule has 0 aromatic carbocycles. The third kappa shape index (κ3) is 5.10. The van der Waals surface area contributed by atoms with Crippen molar-refractivity contribution in [2.24, 2.45) is 11.7 Å². The second-order valence-electron chi connectivity index (χ2n) is 9.05. The number of hydrogen-bond acceptors (Lipinski definition) is 9. The van der Waals surface area contributed by atoms with E-state index in [-0.39, 0.29) is 24.1 Å². The minimum absolute atomic E-state index is 0.0143. The summed E-state index contributed by atoms with van der Waals surface area (Å²) in [5, 5.41) is 6.22. The number of anilines is 1. The van der Waals surface area contributed by atoms with Gasteiger partial charge in [0.15, 0.2) is 18.2 Å². The van der Waals surface area contributed by atoms with Gasteiger partial charge in [0.05, 0.1) is 37.1 Å². The fraction of sp³-hybridized carbons (Fsp3) is 0.458. The first-order valence-electron chi connectivity index (χ1n) is 11.8. The van der Waals surface area contributed by atoms with Crippen LogP contribution < -0.4 is 31.4 Å². The van der Waals surface area contributed by atoms with E-state index in [1.165, 1.54) is 6.07 Å². The van der Waals surface area contributed by atoms with Crippen LogP contribution >= 0.6 is 0 Å². The molecule has 0 spiro atoms. The lowest BCUT2D eigenvalue weighted by molar-refractivity contribution is -0.118. The summed E-state index contributed by atoms with van der Waals surface area (Å²) in [5.41, 5.74) is 7.97. The molecular formula is C24H29N7O4. The Morgan fingerprint density at radius 1 is 1.23 bits per heavy atom. The van der Waals surface area contributed by atoms with Gasteiger partial charge in [0.2, 0.25) is 0 Å². The molecular weight excluding hydrogens is 450 g/mol. The molecule has 11 nitrogen and oxygen atoms in total. The van der Waals surface area contributed by atoms with E-state index in [0.717, 1.165) is 36.7 Å². The lowest BCUT2D eigenvalue weighted by atomic mass is 9.81. The number of nitrogens with one attached hydrogen (secondary N) is 2. The quantitative estimate of drug-likeness (QED) is 0.455. The van der Waals surface area contributed by atoms with Crippen molar-refractivity contribution >= 4 is 22.8 Å². The summed E-state index contributed by atoms with van der Waals surface area (Å²) < 4.78 is 12.3. The highest BCUT2D eigenvalue weighted by Gasteiger charge is 2.27. The Bertz CT molecular complexity index is 1290. The minimum Gasteiger partial charge on any atom is -0.495 e. The molecule has 1 saturated carbocycles. The number of carbonyl (C=O) groups excluding carboxylic acids is 1. The van der Waals surface area contributed by atoms with Crippen LogP contribution in [0.1, 0.15) is 31.5 Å². The van der Waals surface area contributed by atoms with Crippen molar-refractivity contribution in [1.82, 2.24) is 24.8 Å². The zero-order valence-corrected chi connectivity index (χ0v) is 19.6. The molecule has 4 heterocycles. The zero-order chi connectivity index (χ0) is 24.4. The molecule has 3 aromatic rings. The van der Waals surface area contributed by atoms with Crippen molar-refractivity contribution in [1.29, 1.82) is 0 Å². The van der Waals surface area contributed by atoms with Gasteiger partial charge in [-0.05, 0) is 37.7 Å². The van der Waals surface area contributed by atoms with Crippen molar-refractivity contribution < 1.29 is 14.3 Å². The average Bonchev–Trinajstić information content (AvgIpc) is 2.88. The van der Waals surface area contributed by atoms with E-state index in [9.17, 15) is 9.59 Å². The topological polar surface area (TPSA) is 146 Å². The number of fused-ring (bicyclic) bond motifs is 2. The van der Waals surface area contributed by atoms with Crippen LogP contribution in [0.3, 0.4) is 0 Å². The first kappa shape index (κ1) is 23.2. The summed E-state index contributed by atoms with van der Waals surface area (Å²) in [4.78, 5) is 37.2. The molecule has 1 fully saturated rings. The van der Waals surface area contributed by atoms with E-state index in [2.05, 4.69) is 25.6 Å². The summed E-state index contributed by atoms with van der Waals surface area (Å²) in [6, 6.07) is 5.28. The fourth-order valence-corrected chi connectivity index (χ4v) is 4.79. The van der Waals surface area contributed by atoms with Gasteiger partial charge in [-0.3, -0.25) is 14.6 Å². The molecule has 0 saturated heterocycles. The van der Waals surface area contributed by atoms with Crippen LogP contribution in [0.15, 0.2) is 35.4 Å². The maximum Gasteiger partial charge on any atom is 0.263 e. The molecule has 2 aliphatic rings. The van der Waals surface area contributed by atoms with E-state index >= 15 is 0 Å². The van der Waals surface area contributed by atoms with Gasteiger partial charge in [0, 0.05) is 30.8 Å². The lowest BCUT2D eigenvalue weighted by Crippen LogP contribution is -2.42. The van der Waals surface area contributed by atoms with Gasteiger partial charge in [0.25, 0.3) is 11.5 Å². The predicted octanol–water partition coefficient (Wildman–Crippen LogP) is 1.20. The summed E-state index contributed by atoms with van der Waals surface area (Å²) in [6.07, 6.45) is 7.12. The summed E-state index contributed by atoms with van der Waals surface area (Å²) in [7, 11) is 1.58. The number of rotatable bonds is 7. The molecule has 0 radical (unpaired) electrons. The Labute approximate surface area is 202 Å². The molecule has 35 heavy (non-hydrogen) atoms. The maximum atomic E-state index is 12.6. The van der Waals surface area contributed by atoms with Crippen molar-refractivity contribution in [2.45, 2.75) is 50.9 Å². The molecule has 1 aliphatic heterocycles. The summed E-state index contributed by atoms with van der Waals surface area (Å²) in [6.45, 7) is 0.925. The molecule has 184 valence electrons. The molecule has 1 amide bonds. The Morgan fingerprint density at radius 3 is 2.86 bits per heavy atom. The summed E-state index contributed by atoms with van der Waals surface area (Å²) >= 11 is 0. The molecule has 5 rings (SSSR count). The second-order valence-corrected chi connectivity index (χ2v) is 9.05. The number of amides is 1. The van der Waals surface area contributed by atoms with Gasteiger partial charge >= 0.3 is 0 Å². The van der Waals surface area contributed by atoms with Crippen LogP contribution in [0, 0.1) is 5.92 Å².